The van der Waals surface area contributed by atoms with Gasteiger partial charge in [0.05, 0.1) is 0 Å². The zero-order chi connectivity index (χ0) is 13.3. The van der Waals surface area contributed by atoms with Gasteiger partial charge in [0.1, 0.15) is 6.10 Å². The van der Waals surface area contributed by atoms with Crippen LogP contribution in [0.2, 0.25) is 5.02 Å². The molecule has 6 heteroatoms. The topological polar surface area (TPSA) is 54.4 Å². The van der Waals surface area contributed by atoms with Crippen LogP contribution in [0.4, 0.5) is 0 Å². The Morgan fingerprint density at radius 1 is 1.47 bits per heavy atom. The van der Waals surface area contributed by atoms with Crippen molar-refractivity contribution in [3.05, 3.63) is 34.9 Å². The first kappa shape index (κ1) is 14.8. The Morgan fingerprint density at radius 3 is 2.47 bits per heavy atom. The van der Waals surface area contributed by atoms with Gasteiger partial charge < -0.3 is 5.11 Å². The van der Waals surface area contributed by atoms with Gasteiger partial charge in [-0.3, -0.25) is 0 Å². The van der Waals surface area contributed by atoms with Gasteiger partial charge in [-0.15, -0.1) is 0 Å². The lowest BCUT2D eigenvalue weighted by atomic mass is 10.0. The van der Waals surface area contributed by atoms with Crippen LogP contribution < -0.4 is 0 Å². The zero-order valence-corrected chi connectivity index (χ0v) is 11.9. The van der Waals surface area contributed by atoms with Crippen molar-refractivity contribution in [1.82, 2.24) is 0 Å². The molecule has 0 aromatic heterocycles. The van der Waals surface area contributed by atoms with Crippen LogP contribution in [0.1, 0.15) is 25.0 Å². The van der Waals surface area contributed by atoms with Gasteiger partial charge in [-0.2, -0.15) is 0 Å². The molecule has 0 saturated carbocycles. The number of hydrogen-bond donors (Lipinski definition) is 1. The molecule has 0 aliphatic carbocycles. The van der Waals surface area contributed by atoms with E-state index in [9.17, 15) is 13.5 Å². The number of aliphatic hydroxyl groups excluding tert-OH is 1. The van der Waals surface area contributed by atoms with E-state index >= 15 is 0 Å². The molecule has 1 N–H and O–H groups in total. The molecule has 0 amide bonds. The fraction of sp³-hybridized carbons (Fsp3) is 0.455. The van der Waals surface area contributed by atoms with Gasteiger partial charge in [-0.1, -0.05) is 42.3 Å². The molecule has 3 nitrogen and oxygen atoms in total. The van der Waals surface area contributed by atoms with E-state index in [0.29, 0.717) is 10.6 Å². The largest absolute Gasteiger partial charge is 0.385 e. The highest BCUT2D eigenvalue weighted by atomic mass is 35.5. The van der Waals surface area contributed by atoms with E-state index < -0.39 is 20.1 Å². The lowest BCUT2D eigenvalue weighted by Gasteiger charge is -2.29. The second-order valence-electron chi connectivity index (χ2n) is 3.87. The molecule has 96 valence electrons. The normalized spacial score (nSPS) is 17.5. The van der Waals surface area contributed by atoms with E-state index in [1.165, 1.54) is 6.07 Å². The van der Waals surface area contributed by atoms with Crippen LogP contribution in [0.15, 0.2) is 24.3 Å². The van der Waals surface area contributed by atoms with Crippen LogP contribution >= 0.6 is 23.2 Å². The number of rotatable bonds is 4. The van der Waals surface area contributed by atoms with Crippen LogP contribution in [0.5, 0.6) is 0 Å². The van der Waals surface area contributed by atoms with Gasteiger partial charge in [-0.25, -0.2) is 8.42 Å². The number of sulfone groups is 1. The Kier molecular flexibility index (Phi) is 4.47. The van der Waals surface area contributed by atoms with Gasteiger partial charge in [0.2, 0.25) is 0 Å². The molecular weight excluding hydrogens is 283 g/mol. The summed E-state index contributed by atoms with van der Waals surface area (Å²) in [5.41, 5.74) is 0.389. The quantitative estimate of drug-likeness (QED) is 0.869. The Bertz CT molecular complexity index is 501. The lowest BCUT2D eigenvalue weighted by Crippen LogP contribution is -2.37. The van der Waals surface area contributed by atoms with Gasteiger partial charge in [0.25, 0.3) is 0 Å². The van der Waals surface area contributed by atoms with Crippen molar-refractivity contribution in [1.29, 1.82) is 0 Å². The molecule has 0 aliphatic heterocycles. The summed E-state index contributed by atoms with van der Waals surface area (Å²) in [5, 5.41) is 10.6. The Morgan fingerprint density at radius 2 is 2.06 bits per heavy atom. The maximum atomic E-state index is 11.7. The molecule has 0 saturated heterocycles. The predicted octanol–water partition coefficient (Wildman–Crippen LogP) is 2.76. The second kappa shape index (κ2) is 5.14. The van der Waals surface area contributed by atoms with Crippen LogP contribution in [0, 0.1) is 0 Å². The molecule has 0 aliphatic rings. The highest BCUT2D eigenvalue weighted by Crippen LogP contribution is 2.39. The summed E-state index contributed by atoms with van der Waals surface area (Å²) in [6.07, 6.45) is -0.207. The molecule has 0 fully saturated rings. The molecule has 0 spiro atoms. The van der Waals surface area contributed by atoms with E-state index in [2.05, 4.69) is 0 Å². The summed E-state index contributed by atoms with van der Waals surface area (Å²) in [6, 6.07) is 6.37. The number of alkyl halides is 1. The maximum absolute atomic E-state index is 11.7. The van der Waals surface area contributed by atoms with E-state index in [1.807, 2.05) is 0 Å². The van der Waals surface area contributed by atoms with Crippen LogP contribution in [0.3, 0.4) is 0 Å². The van der Waals surface area contributed by atoms with Crippen molar-refractivity contribution < 1.29 is 13.5 Å². The Balaban J connectivity index is 3.24. The number of hydrogen-bond acceptors (Lipinski definition) is 3. The first-order chi connectivity index (χ1) is 7.72. The monoisotopic (exact) mass is 296 g/mol. The van der Waals surface area contributed by atoms with Crippen LogP contribution in [-0.2, 0) is 9.84 Å². The Hall–Kier alpha value is -0.290. The average molecular weight is 297 g/mol. The van der Waals surface area contributed by atoms with E-state index in [4.69, 9.17) is 23.2 Å². The zero-order valence-electron chi connectivity index (χ0n) is 9.52. The van der Waals surface area contributed by atoms with Crippen molar-refractivity contribution in [2.45, 2.75) is 23.7 Å². The highest BCUT2D eigenvalue weighted by Gasteiger charge is 2.44. The summed E-state index contributed by atoms with van der Waals surface area (Å²) in [6.45, 7) is 1.61. The first-order valence-corrected chi connectivity index (χ1v) is 7.69. The van der Waals surface area contributed by atoms with Crippen molar-refractivity contribution in [3.8, 4) is 0 Å². The van der Waals surface area contributed by atoms with E-state index in [-0.39, 0.29) is 6.42 Å². The minimum atomic E-state index is -3.60. The third kappa shape index (κ3) is 2.94. The number of halogens is 2. The number of aliphatic hydroxyl groups is 1. The summed E-state index contributed by atoms with van der Waals surface area (Å²) < 4.78 is 21.6. The molecule has 0 bridgehead atoms. The SMILES string of the molecule is CC[C@@](Cl)([C@@H](O)c1cccc(Cl)c1)S(C)(=O)=O. The van der Waals surface area contributed by atoms with Crippen molar-refractivity contribution >= 4 is 33.0 Å². The first-order valence-electron chi connectivity index (χ1n) is 5.04. The van der Waals surface area contributed by atoms with Gasteiger partial charge in [0, 0.05) is 11.3 Å². The second-order valence-corrected chi connectivity index (χ2v) is 7.48. The van der Waals surface area contributed by atoms with Gasteiger partial charge in [0.15, 0.2) is 14.0 Å². The molecule has 17 heavy (non-hydrogen) atoms. The summed E-state index contributed by atoms with van der Waals surface area (Å²) in [7, 11) is -3.60. The molecule has 1 rings (SSSR count). The van der Waals surface area contributed by atoms with E-state index in [0.717, 1.165) is 6.26 Å². The Labute approximate surface area is 111 Å². The fourth-order valence-electron chi connectivity index (χ4n) is 1.58. The standard InChI is InChI=1S/C11H14Cl2O3S/c1-3-11(13,17(2,15)16)10(14)8-5-4-6-9(12)7-8/h4-7,10,14H,3H2,1-2H3/t10-,11-/m0/s1. The number of benzene rings is 1. The van der Waals surface area contributed by atoms with Gasteiger partial charge >= 0.3 is 0 Å². The van der Waals surface area contributed by atoms with Crippen molar-refractivity contribution in [2.75, 3.05) is 6.26 Å². The van der Waals surface area contributed by atoms with Crippen molar-refractivity contribution in [2.24, 2.45) is 0 Å². The van der Waals surface area contributed by atoms with Gasteiger partial charge in [-0.05, 0) is 24.1 Å². The maximum Gasteiger partial charge on any atom is 0.174 e. The molecule has 0 radical (unpaired) electrons. The third-order valence-corrected chi connectivity index (χ3v) is 5.97. The lowest BCUT2D eigenvalue weighted by molar-refractivity contribution is 0.155. The summed E-state index contributed by atoms with van der Waals surface area (Å²) in [5.74, 6) is 0. The minimum absolute atomic E-state index is 0.0983. The molecule has 0 unspecified atom stereocenters. The molecule has 2 atom stereocenters. The molecular formula is C11H14Cl2O3S. The van der Waals surface area contributed by atoms with E-state index in [1.54, 1.807) is 25.1 Å². The average Bonchev–Trinajstić information content (AvgIpc) is 2.25. The smallest absolute Gasteiger partial charge is 0.174 e. The predicted molar refractivity (Wildman–Crippen MR) is 70.1 cm³/mol. The third-order valence-electron chi connectivity index (χ3n) is 2.67. The summed E-state index contributed by atoms with van der Waals surface area (Å²) in [4.78, 5) is 0. The van der Waals surface area contributed by atoms with Crippen LogP contribution in [0.25, 0.3) is 0 Å². The summed E-state index contributed by atoms with van der Waals surface area (Å²) >= 11 is 11.8. The molecule has 1 aromatic rings. The van der Waals surface area contributed by atoms with Crippen molar-refractivity contribution in [3.63, 3.8) is 0 Å². The highest BCUT2D eigenvalue weighted by molar-refractivity contribution is 7.93. The molecule has 1 aromatic carbocycles. The molecule has 0 heterocycles. The van der Waals surface area contributed by atoms with Crippen LogP contribution in [-0.4, -0.2) is 24.0 Å². The fourth-order valence-corrected chi connectivity index (χ4v) is 2.97. The minimum Gasteiger partial charge on any atom is -0.385 e.